The summed E-state index contributed by atoms with van der Waals surface area (Å²) in [4.78, 5) is 26.3. The van der Waals surface area contributed by atoms with Crippen molar-refractivity contribution in [3.05, 3.63) is 64.7 Å². The zero-order chi connectivity index (χ0) is 18.0. The van der Waals surface area contributed by atoms with E-state index in [-0.39, 0.29) is 17.7 Å². The standard InChI is InChI=1S/C21H24N2O2/c1-14(2)21(25)23-11-10-18-12-16(6-9-19(18)23)13-22-20(24)17-7-4-15(3)5-8-17/h4-9,12,14H,10-11,13H2,1-3H3,(H,22,24). The molecule has 0 radical (unpaired) electrons. The molecule has 0 aromatic heterocycles. The quantitative estimate of drug-likeness (QED) is 0.929. The number of amides is 2. The molecule has 1 heterocycles. The number of hydrogen-bond acceptors (Lipinski definition) is 2. The van der Waals surface area contributed by atoms with Crippen LogP contribution in [0.25, 0.3) is 0 Å². The summed E-state index contributed by atoms with van der Waals surface area (Å²) in [6.45, 7) is 7.08. The molecule has 130 valence electrons. The van der Waals surface area contributed by atoms with E-state index in [0.29, 0.717) is 12.1 Å². The molecule has 1 N–H and O–H groups in total. The normalized spacial score (nSPS) is 13.0. The van der Waals surface area contributed by atoms with Crippen LogP contribution in [-0.2, 0) is 17.8 Å². The maximum absolute atomic E-state index is 12.3. The molecule has 0 bridgehead atoms. The van der Waals surface area contributed by atoms with Gasteiger partial charge in [0.05, 0.1) is 0 Å². The topological polar surface area (TPSA) is 49.4 Å². The Bertz CT molecular complexity index is 794. The maximum atomic E-state index is 12.3. The Balaban J connectivity index is 1.66. The molecule has 25 heavy (non-hydrogen) atoms. The number of carbonyl (C=O) groups excluding carboxylic acids is 2. The van der Waals surface area contributed by atoms with E-state index >= 15 is 0 Å². The molecule has 0 aliphatic carbocycles. The lowest BCUT2D eigenvalue weighted by molar-refractivity contribution is -0.121. The van der Waals surface area contributed by atoms with Gasteiger partial charge >= 0.3 is 0 Å². The molecule has 2 aromatic rings. The summed E-state index contributed by atoms with van der Waals surface area (Å²) in [5.41, 5.74) is 5.04. The van der Waals surface area contributed by atoms with Crippen LogP contribution in [0.3, 0.4) is 0 Å². The highest BCUT2D eigenvalue weighted by Gasteiger charge is 2.26. The zero-order valence-corrected chi connectivity index (χ0v) is 15.0. The number of nitrogens with zero attached hydrogens (tertiary/aromatic N) is 1. The van der Waals surface area contributed by atoms with Gasteiger partial charge in [0, 0.05) is 30.3 Å². The molecule has 0 saturated carbocycles. The fourth-order valence-electron chi connectivity index (χ4n) is 3.10. The molecule has 1 aliphatic heterocycles. The van der Waals surface area contributed by atoms with Crippen LogP contribution in [-0.4, -0.2) is 18.4 Å². The van der Waals surface area contributed by atoms with Gasteiger partial charge in [-0.05, 0) is 42.7 Å². The van der Waals surface area contributed by atoms with Crippen LogP contribution < -0.4 is 10.2 Å². The Hall–Kier alpha value is -2.62. The summed E-state index contributed by atoms with van der Waals surface area (Å²) in [5, 5.41) is 2.96. The predicted octanol–water partition coefficient (Wildman–Crippen LogP) is 3.47. The molecule has 0 saturated heterocycles. The van der Waals surface area contributed by atoms with Crippen LogP contribution in [0.1, 0.15) is 40.9 Å². The third-order valence-electron chi connectivity index (χ3n) is 4.57. The first-order valence-corrected chi connectivity index (χ1v) is 8.74. The van der Waals surface area contributed by atoms with Crippen molar-refractivity contribution in [2.24, 2.45) is 5.92 Å². The summed E-state index contributed by atoms with van der Waals surface area (Å²) in [6.07, 6.45) is 0.869. The average Bonchev–Trinajstić information content (AvgIpc) is 3.02. The number of anilines is 1. The van der Waals surface area contributed by atoms with Gasteiger partial charge in [-0.1, -0.05) is 43.7 Å². The van der Waals surface area contributed by atoms with E-state index in [1.807, 2.05) is 62.1 Å². The Morgan fingerprint density at radius 2 is 1.84 bits per heavy atom. The van der Waals surface area contributed by atoms with Crippen LogP contribution >= 0.6 is 0 Å². The molecule has 0 unspecified atom stereocenters. The lowest BCUT2D eigenvalue weighted by atomic mass is 10.1. The molecule has 4 nitrogen and oxygen atoms in total. The first-order valence-electron chi connectivity index (χ1n) is 8.74. The lowest BCUT2D eigenvalue weighted by Gasteiger charge is -2.19. The van der Waals surface area contributed by atoms with E-state index in [1.165, 1.54) is 5.56 Å². The number of fused-ring (bicyclic) bond motifs is 1. The fourth-order valence-corrected chi connectivity index (χ4v) is 3.10. The highest BCUT2D eigenvalue weighted by atomic mass is 16.2. The molecular weight excluding hydrogens is 312 g/mol. The predicted molar refractivity (Wildman–Crippen MR) is 99.7 cm³/mol. The van der Waals surface area contributed by atoms with Crippen molar-refractivity contribution >= 4 is 17.5 Å². The van der Waals surface area contributed by atoms with E-state index < -0.39 is 0 Å². The highest BCUT2D eigenvalue weighted by molar-refractivity contribution is 5.96. The molecule has 0 spiro atoms. The van der Waals surface area contributed by atoms with Crippen molar-refractivity contribution < 1.29 is 9.59 Å². The third kappa shape index (κ3) is 3.73. The number of benzene rings is 2. The second-order valence-electron chi connectivity index (χ2n) is 6.91. The van der Waals surface area contributed by atoms with E-state index in [0.717, 1.165) is 29.8 Å². The molecule has 0 fully saturated rings. The van der Waals surface area contributed by atoms with Gasteiger partial charge in [0.1, 0.15) is 0 Å². The first kappa shape index (κ1) is 17.2. The first-order chi connectivity index (χ1) is 12.0. The van der Waals surface area contributed by atoms with Crippen molar-refractivity contribution in [1.82, 2.24) is 5.32 Å². The van der Waals surface area contributed by atoms with E-state index in [2.05, 4.69) is 11.4 Å². The largest absolute Gasteiger partial charge is 0.348 e. The van der Waals surface area contributed by atoms with Crippen LogP contribution in [0.5, 0.6) is 0 Å². The van der Waals surface area contributed by atoms with Crippen LogP contribution in [0, 0.1) is 12.8 Å². The summed E-state index contributed by atoms with van der Waals surface area (Å²) in [5.74, 6) is 0.0932. The summed E-state index contributed by atoms with van der Waals surface area (Å²) in [7, 11) is 0. The molecule has 3 rings (SSSR count). The average molecular weight is 336 g/mol. The SMILES string of the molecule is Cc1ccc(C(=O)NCc2ccc3c(c2)CCN3C(=O)C(C)C)cc1. The number of nitrogens with one attached hydrogen (secondary N) is 1. The van der Waals surface area contributed by atoms with Crippen molar-refractivity contribution in [3.8, 4) is 0 Å². The lowest BCUT2D eigenvalue weighted by Crippen LogP contribution is -2.32. The number of rotatable bonds is 4. The Morgan fingerprint density at radius 1 is 1.12 bits per heavy atom. The number of aryl methyl sites for hydroxylation is 1. The fraction of sp³-hybridized carbons (Fsp3) is 0.333. The summed E-state index contributed by atoms with van der Waals surface area (Å²) < 4.78 is 0. The van der Waals surface area contributed by atoms with Crippen molar-refractivity contribution in [3.63, 3.8) is 0 Å². The van der Waals surface area contributed by atoms with Gasteiger partial charge in [0.2, 0.25) is 5.91 Å². The van der Waals surface area contributed by atoms with Crippen LogP contribution in [0.4, 0.5) is 5.69 Å². The number of hydrogen-bond donors (Lipinski definition) is 1. The van der Waals surface area contributed by atoms with Crippen LogP contribution in [0.2, 0.25) is 0 Å². The van der Waals surface area contributed by atoms with Gasteiger partial charge in [-0.25, -0.2) is 0 Å². The van der Waals surface area contributed by atoms with Gasteiger partial charge < -0.3 is 10.2 Å². The summed E-state index contributed by atoms with van der Waals surface area (Å²) in [6, 6.07) is 13.6. The van der Waals surface area contributed by atoms with Crippen molar-refractivity contribution in [1.29, 1.82) is 0 Å². The Kier molecular flexibility index (Phi) is 4.88. The molecule has 4 heteroatoms. The minimum absolute atomic E-state index is 0.000533. The van der Waals surface area contributed by atoms with Gasteiger partial charge in [-0.15, -0.1) is 0 Å². The molecular formula is C21H24N2O2. The van der Waals surface area contributed by atoms with Gasteiger partial charge in [-0.2, -0.15) is 0 Å². The van der Waals surface area contributed by atoms with Crippen LogP contribution in [0.15, 0.2) is 42.5 Å². The summed E-state index contributed by atoms with van der Waals surface area (Å²) >= 11 is 0. The maximum Gasteiger partial charge on any atom is 0.251 e. The molecule has 2 amide bonds. The zero-order valence-electron chi connectivity index (χ0n) is 15.0. The van der Waals surface area contributed by atoms with Crippen molar-refractivity contribution in [2.75, 3.05) is 11.4 Å². The minimum Gasteiger partial charge on any atom is -0.348 e. The highest BCUT2D eigenvalue weighted by Crippen LogP contribution is 2.30. The number of carbonyl (C=O) groups is 2. The Morgan fingerprint density at radius 3 is 2.52 bits per heavy atom. The molecule has 0 atom stereocenters. The minimum atomic E-state index is -0.0721. The van der Waals surface area contributed by atoms with E-state index in [4.69, 9.17) is 0 Å². The molecule has 2 aromatic carbocycles. The molecule has 1 aliphatic rings. The second-order valence-corrected chi connectivity index (χ2v) is 6.91. The monoisotopic (exact) mass is 336 g/mol. The third-order valence-corrected chi connectivity index (χ3v) is 4.57. The van der Waals surface area contributed by atoms with E-state index in [9.17, 15) is 9.59 Å². The second kappa shape index (κ2) is 7.09. The van der Waals surface area contributed by atoms with Gasteiger partial charge in [0.15, 0.2) is 0 Å². The van der Waals surface area contributed by atoms with E-state index in [1.54, 1.807) is 0 Å². The van der Waals surface area contributed by atoms with Gasteiger partial charge in [-0.3, -0.25) is 9.59 Å². The van der Waals surface area contributed by atoms with Gasteiger partial charge in [0.25, 0.3) is 5.91 Å². The van der Waals surface area contributed by atoms with Crippen molar-refractivity contribution in [2.45, 2.75) is 33.7 Å². The Labute approximate surface area is 148 Å². The smallest absolute Gasteiger partial charge is 0.251 e.